The first-order chi connectivity index (χ1) is 11.8. The van der Waals surface area contributed by atoms with Gasteiger partial charge in [-0.3, -0.25) is 4.55 Å². The van der Waals surface area contributed by atoms with Crippen LogP contribution in [0.15, 0.2) is 47.4 Å². The quantitative estimate of drug-likeness (QED) is 0.270. The fourth-order valence-corrected chi connectivity index (χ4v) is 6.11. The monoisotopic (exact) mass is 433 g/mol. The summed E-state index contributed by atoms with van der Waals surface area (Å²) < 4.78 is 38.6. The number of benzene rings is 2. The van der Waals surface area contributed by atoms with Gasteiger partial charge in [0.25, 0.3) is 10.1 Å². The minimum absolute atomic E-state index is 0. The Hall–Kier alpha value is -0.580. The van der Waals surface area contributed by atoms with Crippen molar-refractivity contribution in [3.05, 3.63) is 51.9 Å². The van der Waals surface area contributed by atoms with Gasteiger partial charge >= 0.3 is 0 Å². The van der Waals surface area contributed by atoms with Crippen LogP contribution in [0, 0.1) is 10.7 Å². The van der Waals surface area contributed by atoms with E-state index in [9.17, 15) is 13.0 Å². The van der Waals surface area contributed by atoms with Crippen molar-refractivity contribution in [3.63, 3.8) is 0 Å². The number of aryl methyl sites for hydroxylation is 1. The van der Waals surface area contributed by atoms with Crippen LogP contribution in [0.3, 0.4) is 0 Å². The van der Waals surface area contributed by atoms with Crippen LogP contribution in [-0.4, -0.2) is 49.6 Å². The van der Waals surface area contributed by atoms with Gasteiger partial charge in [-0.15, -0.1) is 0 Å². The summed E-state index contributed by atoms with van der Waals surface area (Å²) in [5.74, 6) is 0.0909. The maximum absolute atomic E-state index is 11.7. The van der Waals surface area contributed by atoms with Gasteiger partial charge in [-0.25, -0.2) is 0 Å². The van der Waals surface area contributed by atoms with E-state index < -0.39 is 10.1 Å². The Kier molecular flexibility index (Phi) is 7.20. The van der Waals surface area contributed by atoms with Crippen molar-refractivity contribution >= 4 is 72.6 Å². The molecular formula is C17H14NaO4S4. The predicted octanol–water partition coefficient (Wildman–Crippen LogP) is 5.06. The predicted molar refractivity (Wildman–Crippen MR) is 111 cm³/mol. The van der Waals surface area contributed by atoms with Crippen LogP contribution in [-0.2, 0) is 10.1 Å². The van der Waals surface area contributed by atoms with Gasteiger partial charge in [0.2, 0.25) is 0 Å². The van der Waals surface area contributed by atoms with E-state index >= 15 is 0 Å². The molecule has 0 aliphatic rings. The van der Waals surface area contributed by atoms with Crippen LogP contribution in [0.5, 0.6) is 5.75 Å². The number of hydrogen-bond donors (Lipinski definition) is 1. The van der Waals surface area contributed by atoms with Gasteiger partial charge in [-0.1, -0.05) is 68.8 Å². The van der Waals surface area contributed by atoms with Gasteiger partial charge in [0, 0.05) is 35.1 Å². The molecule has 0 saturated carbocycles. The van der Waals surface area contributed by atoms with E-state index in [1.54, 1.807) is 16.4 Å². The standard InChI is InChI=1S/C17H14O4S4.Na/c1-10-4-3-5-12(8-10)16-15(17(22)24-23-16)11-6-7-13(21-2)14(9-11)25(18,19)20;/h3-9H,1-2H3,(H,18,19,20);. The average molecular weight is 434 g/mol. The zero-order chi connectivity index (χ0) is 18.2. The van der Waals surface area contributed by atoms with Crippen molar-refractivity contribution < 1.29 is 17.7 Å². The van der Waals surface area contributed by atoms with Gasteiger partial charge in [0.15, 0.2) is 0 Å². The summed E-state index contributed by atoms with van der Waals surface area (Å²) in [6.45, 7) is 2.01. The second-order valence-electron chi connectivity index (χ2n) is 5.37. The fraction of sp³-hybridized carbons (Fsp3) is 0.118. The van der Waals surface area contributed by atoms with Gasteiger partial charge in [-0.2, -0.15) is 8.42 Å². The second-order valence-corrected chi connectivity index (χ2v) is 9.57. The molecule has 26 heavy (non-hydrogen) atoms. The van der Waals surface area contributed by atoms with Crippen molar-refractivity contribution in [1.82, 2.24) is 0 Å². The van der Waals surface area contributed by atoms with Crippen molar-refractivity contribution in [2.75, 3.05) is 7.11 Å². The Morgan fingerprint density at radius 2 is 1.81 bits per heavy atom. The molecule has 0 aliphatic carbocycles. The first kappa shape index (κ1) is 21.7. The molecule has 0 bridgehead atoms. The maximum Gasteiger partial charge on any atom is 0.298 e. The minimum atomic E-state index is -4.41. The zero-order valence-electron chi connectivity index (χ0n) is 14.3. The van der Waals surface area contributed by atoms with Crippen molar-refractivity contribution in [2.24, 2.45) is 0 Å². The summed E-state index contributed by atoms with van der Waals surface area (Å²) in [6.07, 6.45) is 0. The van der Waals surface area contributed by atoms with Crippen molar-refractivity contribution in [3.8, 4) is 27.3 Å². The number of methoxy groups -OCH3 is 1. The Labute approximate surface area is 186 Å². The number of hydrogen-bond acceptors (Lipinski definition) is 6. The molecule has 1 aromatic heterocycles. The molecule has 1 radical (unpaired) electrons. The Morgan fingerprint density at radius 3 is 2.42 bits per heavy atom. The molecule has 0 saturated heterocycles. The van der Waals surface area contributed by atoms with Gasteiger partial charge in [0.1, 0.15) is 14.5 Å². The summed E-state index contributed by atoms with van der Waals surface area (Å²) in [6, 6.07) is 12.7. The van der Waals surface area contributed by atoms with Crippen LogP contribution >= 0.6 is 32.9 Å². The van der Waals surface area contributed by atoms with E-state index in [2.05, 4.69) is 6.07 Å². The molecule has 9 heteroatoms. The van der Waals surface area contributed by atoms with Crippen molar-refractivity contribution in [1.29, 1.82) is 0 Å². The summed E-state index contributed by atoms with van der Waals surface area (Å²) in [5, 5.41) is 0. The molecule has 4 nitrogen and oxygen atoms in total. The molecule has 1 N–H and O–H groups in total. The Morgan fingerprint density at radius 1 is 1.08 bits per heavy atom. The normalized spacial score (nSPS) is 11.0. The van der Waals surface area contributed by atoms with E-state index in [0.29, 0.717) is 9.39 Å². The largest absolute Gasteiger partial charge is 0.495 e. The molecular weight excluding hydrogens is 419 g/mol. The van der Waals surface area contributed by atoms with Crippen LogP contribution in [0.25, 0.3) is 21.6 Å². The van der Waals surface area contributed by atoms with Crippen LogP contribution in [0.4, 0.5) is 0 Å². The molecule has 0 spiro atoms. The Bertz CT molecular complexity index is 1100. The average Bonchev–Trinajstić information content (AvgIpc) is 2.95. The number of rotatable bonds is 4. The second kappa shape index (κ2) is 8.62. The minimum Gasteiger partial charge on any atom is -0.495 e. The van der Waals surface area contributed by atoms with E-state index in [1.165, 1.54) is 29.6 Å². The summed E-state index contributed by atoms with van der Waals surface area (Å²) in [5.41, 5.74) is 3.58. The summed E-state index contributed by atoms with van der Waals surface area (Å²) in [4.78, 5) is 0.707. The summed E-state index contributed by atoms with van der Waals surface area (Å²) in [7, 11) is -0.0407. The molecule has 0 aliphatic heterocycles. The SMILES string of the molecule is COc1ccc(-c2c(-c3cccc(C)c3)ssc2=S)cc1S(=O)(=O)O.[Na]. The van der Waals surface area contributed by atoms with E-state index in [0.717, 1.165) is 21.6 Å². The van der Waals surface area contributed by atoms with Crippen molar-refractivity contribution in [2.45, 2.75) is 11.8 Å². The van der Waals surface area contributed by atoms with Crippen LogP contribution in [0.1, 0.15) is 5.56 Å². The summed E-state index contributed by atoms with van der Waals surface area (Å²) >= 11 is 5.47. The fourth-order valence-electron chi connectivity index (χ4n) is 2.52. The van der Waals surface area contributed by atoms with Gasteiger partial charge in [-0.05, 0) is 30.2 Å². The third-order valence-electron chi connectivity index (χ3n) is 3.64. The molecule has 0 atom stereocenters. The van der Waals surface area contributed by atoms with E-state index in [4.69, 9.17) is 17.0 Å². The molecule has 2 aromatic carbocycles. The molecule has 0 fully saturated rings. The Balaban J connectivity index is 0.00000243. The smallest absolute Gasteiger partial charge is 0.298 e. The van der Waals surface area contributed by atoms with E-state index in [1.807, 2.05) is 25.1 Å². The molecule has 0 unspecified atom stereocenters. The first-order valence-electron chi connectivity index (χ1n) is 7.17. The molecule has 3 rings (SSSR count). The zero-order valence-corrected chi connectivity index (χ0v) is 19.6. The third-order valence-corrected chi connectivity index (χ3v) is 7.58. The first-order valence-corrected chi connectivity index (χ1v) is 11.2. The van der Waals surface area contributed by atoms with Gasteiger partial charge in [0.05, 0.1) is 12.0 Å². The topological polar surface area (TPSA) is 63.6 Å². The number of ether oxygens (including phenoxy) is 1. The van der Waals surface area contributed by atoms with E-state index in [-0.39, 0.29) is 40.2 Å². The molecule has 0 amide bonds. The third kappa shape index (κ3) is 4.45. The molecule has 3 aromatic rings. The maximum atomic E-state index is 11.7. The van der Waals surface area contributed by atoms with Gasteiger partial charge < -0.3 is 4.74 Å². The molecule has 1 heterocycles. The molecule has 131 valence electrons. The van der Waals surface area contributed by atoms with Crippen LogP contribution < -0.4 is 4.74 Å². The van der Waals surface area contributed by atoms with Crippen LogP contribution in [0.2, 0.25) is 0 Å².